The number of hydrogen-bond donors (Lipinski definition) is 4. The van der Waals surface area contributed by atoms with E-state index in [1.54, 1.807) is 0 Å². The fraction of sp³-hybridized carbons (Fsp3) is 0.364. The third-order valence-electron chi connectivity index (χ3n) is 5.68. The molecule has 6 heteroatoms. The first-order valence-corrected chi connectivity index (χ1v) is 9.91. The van der Waals surface area contributed by atoms with E-state index in [1.807, 2.05) is 6.92 Å². The first-order chi connectivity index (χ1) is 13.6. The van der Waals surface area contributed by atoms with Crippen molar-refractivity contribution < 1.29 is 19.4 Å². The molecule has 0 radical (unpaired) electrons. The summed E-state index contributed by atoms with van der Waals surface area (Å²) in [5.41, 5.74) is 2.63. The zero-order chi connectivity index (χ0) is 19.9. The Morgan fingerprint density at radius 1 is 0.821 bits per heavy atom. The van der Waals surface area contributed by atoms with Gasteiger partial charge in [0.1, 0.15) is 32.2 Å². The molecule has 0 aliphatic carbocycles. The first-order valence-electron chi connectivity index (χ1n) is 9.91. The van der Waals surface area contributed by atoms with Gasteiger partial charge >= 0.3 is 6.03 Å². The summed E-state index contributed by atoms with van der Waals surface area (Å²) in [6, 6.07) is 20.9. The molecule has 148 valence electrons. The second-order valence-electron chi connectivity index (χ2n) is 7.36. The number of nitrogens with one attached hydrogen (secondary N) is 4. The minimum absolute atomic E-state index is 0.222. The van der Waals surface area contributed by atoms with Gasteiger partial charge in [-0.05, 0) is 6.92 Å². The predicted octanol–water partition coefficient (Wildman–Crippen LogP) is -0.596. The summed E-state index contributed by atoms with van der Waals surface area (Å²) < 4.78 is 0. The van der Waals surface area contributed by atoms with Gasteiger partial charge in [-0.1, -0.05) is 60.7 Å². The molecule has 1 aliphatic rings. The van der Waals surface area contributed by atoms with Gasteiger partial charge in [-0.2, -0.15) is 0 Å². The maximum atomic E-state index is 12.3. The predicted molar refractivity (Wildman–Crippen MR) is 108 cm³/mol. The summed E-state index contributed by atoms with van der Waals surface area (Å²) in [5.74, 6) is -0.222. The van der Waals surface area contributed by atoms with Crippen molar-refractivity contribution in [2.75, 3.05) is 33.2 Å². The molecule has 3 amide bonds. The van der Waals surface area contributed by atoms with E-state index in [1.165, 1.54) is 28.0 Å². The average molecular weight is 383 g/mol. The van der Waals surface area contributed by atoms with Crippen molar-refractivity contribution in [3.8, 4) is 0 Å². The smallest absolute Gasteiger partial charge is 0.321 e. The van der Waals surface area contributed by atoms with Gasteiger partial charge in [0, 0.05) is 18.2 Å². The lowest BCUT2D eigenvalue weighted by atomic mass is 9.96. The highest BCUT2D eigenvalue weighted by Gasteiger charge is 2.35. The second kappa shape index (κ2) is 9.48. The number of urea groups is 1. The van der Waals surface area contributed by atoms with Crippen molar-refractivity contribution in [3.05, 3.63) is 71.8 Å². The summed E-state index contributed by atoms with van der Waals surface area (Å²) in [5, 5.41) is 4.82. The molecular weight excluding hydrogens is 352 g/mol. The number of carbonyl (C=O) groups is 2. The molecule has 0 saturated carbocycles. The zero-order valence-corrected chi connectivity index (χ0v) is 16.6. The molecule has 0 unspecified atom stereocenters. The maximum Gasteiger partial charge on any atom is 0.321 e. The summed E-state index contributed by atoms with van der Waals surface area (Å²) in [6.45, 7) is 5.63. The standard InChI is InChI=1S/C22H28N4O2/c1-17(21(27)24-22(28)23-2)25-13-15-26(16-14-25)20(18-9-5-3-6-10-18)19-11-7-4-8-12-19/h3-12,17,20H,13-16H2,1-2H3,(H2,23,24,27,28)/p+2/t17-/m0/s1. The molecule has 1 aliphatic heterocycles. The van der Waals surface area contributed by atoms with Crippen LogP contribution in [0.2, 0.25) is 0 Å². The van der Waals surface area contributed by atoms with Crippen molar-refractivity contribution in [2.24, 2.45) is 0 Å². The van der Waals surface area contributed by atoms with Crippen LogP contribution in [0.3, 0.4) is 0 Å². The molecule has 1 atom stereocenters. The Balaban J connectivity index is 1.69. The van der Waals surface area contributed by atoms with Gasteiger partial charge in [0.15, 0.2) is 6.04 Å². The Hall–Kier alpha value is -2.70. The van der Waals surface area contributed by atoms with E-state index in [9.17, 15) is 9.59 Å². The Morgan fingerprint density at radius 3 is 1.75 bits per heavy atom. The lowest BCUT2D eigenvalue weighted by molar-refractivity contribution is -1.03. The number of quaternary nitrogens is 2. The van der Waals surface area contributed by atoms with Crippen molar-refractivity contribution in [1.29, 1.82) is 0 Å². The van der Waals surface area contributed by atoms with Gasteiger partial charge in [0.2, 0.25) is 0 Å². The number of hydrogen-bond acceptors (Lipinski definition) is 2. The number of rotatable bonds is 5. The van der Waals surface area contributed by atoms with E-state index < -0.39 is 6.03 Å². The molecule has 2 aromatic rings. The van der Waals surface area contributed by atoms with Crippen molar-refractivity contribution >= 4 is 11.9 Å². The van der Waals surface area contributed by atoms with Crippen LogP contribution in [-0.4, -0.2) is 51.2 Å². The van der Waals surface area contributed by atoms with Crippen LogP contribution >= 0.6 is 0 Å². The molecule has 0 bridgehead atoms. The van der Waals surface area contributed by atoms with Crippen LogP contribution in [0.25, 0.3) is 0 Å². The number of amides is 3. The highest BCUT2D eigenvalue weighted by molar-refractivity contribution is 5.96. The van der Waals surface area contributed by atoms with Gasteiger partial charge in [0.05, 0.1) is 0 Å². The Labute approximate surface area is 166 Å². The SMILES string of the molecule is CNC(=O)NC(=O)[C@H](C)[NH+]1CC[NH+](C(c2ccccc2)c2ccccc2)CC1. The topological polar surface area (TPSA) is 67.1 Å². The summed E-state index contributed by atoms with van der Waals surface area (Å²) in [6.07, 6.45) is 0. The van der Waals surface area contributed by atoms with Crippen LogP contribution < -0.4 is 20.4 Å². The van der Waals surface area contributed by atoms with Gasteiger partial charge in [-0.15, -0.1) is 0 Å². The molecule has 6 nitrogen and oxygen atoms in total. The largest absolute Gasteiger partial charge is 0.341 e. The van der Waals surface area contributed by atoms with E-state index in [2.05, 4.69) is 71.3 Å². The molecule has 1 fully saturated rings. The van der Waals surface area contributed by atoms with E-state index in [0.717, 1.165) is 26.2 Å². The molecular formula is C22H30N4O2+2. The van der Waals surface area contributed by atoms with E-state index in [-0.39, 0.29) is 11.9 Å². The van der Waals surface area contributed by atoms with Crippen molar-refractivity contribution in [1.82, 2.24) is 10.6 Å². The third-order valence-corrected chi connectivity index (χ3v) is 5.68. The average Bonchev–Trinajstić information content (AvgIpc) is 2.75. The molecule has 0 aromatic heterocycles. The summed E-state index contributed by atoms with van der Waals surface area (Å²) in [4.78, 5) is 26.4. The molecule has 3 rings (SSSR count). The third kappa shape index (κ3) is 4.77. The number of carbonyl (C=O) groups excluding carboxylic acids is 2. The molecule has 0 spiro atoms. The molecule has 1 heterocycles. The van der Waals surface area contributed by atoms with Gasteiger partial charge < -0.3 is 15.1 Å². The lowest BCUT2D eigenvalue weighted by Gasteiger charge is -2.36. The Bertz CT molecular complexity index is 734. The zero-order valence-electron chi connectivity index (χ0n) is 16.6. The quantitative estimate of drug-likeness (QED) is 0.558. The lowest BCUT2D eigenvalue weighted by Crippen LogP contribution is -3.30. The minimum Gasteiger partial charge on any atom is -0.341 e. The summed E-state index contributed by atoms with van der Waals surface area (Å²) >= 11 is 0. The maximum absolute atomic E-state index is 12.3. The summed E-state index contributed by atoms with van der Waals surface area (Å²) in [7, 11) is 1.51. The van der Waals surface area contributed by atoms with Crippen LogP contribution in [0.1, 0.15) is 24.1 Å². The first kappa shape index (κ1) is 20.0. The van der Waals surface area contributed by atoms with Crippen LogP contribution in [0.15, 0.2) is 60.7 Å². The molecule has 4 N–H and O–H groups in total. The highest BCUT2D eigenvalue weighted by atomic mass is 16.2. The van der Waals surface area contributed by atoms with Crippen molar-refractivity contribution in [3.63, 3.8) is 0 Å². The monoisotopic (exact) mass is 382 g/mol. The van der Waals surface area contributed by atoms with E-state index >= 15 is 0 Å². The molecule has 2 aromatic carbocycles. The Morgan fingerprint density at radius 2 is 1.29 bits per heavy atom. The number of piperazine rings is 1. The van der Waals surface area contributed by atoms with Crippen LogP contribution in [0.4, 0.5) is 4.79 Å². The van der Waals surface area contributed by atoms with Crippen LogP contribution in [0, 0.1) is 0 Å². The van der Waals surface area contributed by atoms with E-state index in [4.69, 9.17) is 0 Å². The minimum atomic E-state index is -0.450. The number of imide groups is 1. The van der Waals surface area contributed by atoms with Crippen LogP contribution in [0.5, 0.6) is 0 Å². The van der Waals surface area contributed by atoms with E-state index in [0.29, 0.717) is 6.04 Å². The van der Waals surface area contributed by atoms with Gasteiger partial charge in [-0.3, -0.25) is 10.1 Å². The van der Waals surface area contributed by atoms with Crippen molar-refractivity contribution in [2.45, 2.75) is 19.0 Å². The molecule has 1 saturated heterocycles. The highest BCUT2D eigenvalue weighted by Crippen LogP contribution is 2.18. The van der Waals surface area contributed by atoms with Gasteiger partial charge in [-0.25, -0.2) is 4.79 Å². The van der Waals surface area contributed by atoms with Gasteiger partial charge in [0.25, 0.3) is 5.91 Å². The fourth-order valence-corrected chi connectivity index (χ4v) is 4.04. The number of benzene rings is 2. The molecule has 28 heavy (non-hydrogen) atoms. The Kier molecular flexibility index (Phi) is 6.79. The normalized spacial score (nSPS) is 20.4. The second-order valence-corrected chi connectivity index (χ2v) is 7.36. The fourth-order valence-electron chi connectivity index (χ4n) is 4.04. The van der Waals surface area contributed by atoms with Crippen LogP contribution in [-0.2, 0) is 4.79 Å².